The maximum Gasteiger partial charge on any atom is 0.308 e. The van der Waals surface area contributed by atoms with Gasteiger partial charge in [-0.05, 0) is 12.1 Å². The minimum Gasteiger partial charge on any atom is -0.423 e. The van der Waals surface area contributed by atoms with Crippen molar-refractivity contribution < 1.29 is 9.53 Å². The first-order chi connectivity index (χ1) is 5.59. The van der Waals surface area contributed by atoms with E-state index in [9.17, 15) is 4.79 Å². The molecule has 5 heteroatoms. The van der Waals surface area contributed by atoms with Gasteiger partial charge in [-0.2, -0.15) is 0 Å². The molecule has 0 aliphatic carbocycles. The third kappa shape index (κ3) is 2.36. The van der Waals surface area contributed by atoms with Gasteiger partial charge in [0.1, 0.15) is 5.15 Å². The molecule has 3 nitrogen and oxygen atoms in total. The van der Waals surface area contributed by atoms with Crippen LogP contribution in [-0.4, -0.2) is 11.0 Å². The average Bonchev–Trinajstić information content (AvgIpc) is 1.94. The molecule has 0 radical (unpaired) electrons. The number of esters is 1. The van der Waals surface area contributed by atoms with Gasteiger partial charge in [0.25, 0.3) is 0 Å². The van der Waals surface area contributed by atoms with Crippen LogP contribution in [0.1, 0.15) is 6.92 Å². The first-order valence-electron chi connectivity index (χ1n) is 3.10. The van der Waals surface area contributed by atoms with Gasteiger partial charge < -0.3 is 4.74 Å². The van der Waals surface area contributed by atoms with E-state index in [-0.39, 0.29) is 16.1 Å². The summed E-state index contributed by atoms with van der Waals surface area (Å²) in [7, 11) is 0. The van der Waals surface area contributed by atoms with Crippen LogP contribution in [0.4, 0.5) is 0 Å². The molecule has 1 aromatic heterocycles. The summed E-state index contributed by atoms with van der Waals surface area (Å²) in [4.78, 5) is 14.2. The Bertz CT molecular complexity index is 314. The number of nitrogens with zero attached hydrogens (tertiary/aromatic N) is 1. The first-order valence-corrected chi connectivity index (χ1v) is 3.85. The van der Waals surface area contributed by atoms with Gasteiger partial charge in [-0.3, -0.25) is 4.79 Å². The molecule has 0 N–H and O–H groups in total. The van der Waals surface area contributed by atoms with Crippen LogP contribution in [0.5, 0.6) is 5.75 Å². The molecule has 0 aromatic carbocycles. The molecule has 0 saturated heterocycles. The Morgan fingerprint density at radius 2 is 2.17 bits per heavy atom. The van der Waals surface area contributed by atoms with Crippen molar-refractivity contribution in [2.45, 2.75) is 6.92 Å². The minimum absolute atomic E-state index is 0.0812. The number of rotatable bonds is 1. The fourth-order valence-electron chi connectivity index (χ4n) is 0.630. The molecule has 0 atom stereocenters. The second-order valence-electron chi connectivity index (χ2n) is 2.02. The second-order valence-corrected chi connectivity index (χ2v) is 2.76. The summed E-state index contributed by atoms with van der Waals surface area (Å²) in [5, 5.41) is 0.341. The predicted molar refractivity (Wildman–Crippen MR) is 45.6 cm³/mol. The molecule has 1 heterocycles. The number of pyridine rings is 1. The van der Waals surface area contributed by atoms with Gasteiger partial charge in [-0.15, -0.1) is 0 Å². The lowest BCUT2D eigenvalue weighted by molar-refractivity contribution is -0.131. The highest BCUT2D eigenvalue weighted by Crippen LogP contribution is 2.23. The molecular formula is C7H5Cl2NO2. The van der Waals surface area contributed by atoms with Crippen molar-refractivity contribution in [3.05, 3.63) is 22.4 Å². The fraction of sp³-hybridized carbons (Fsp3) is 0.143. The Morgan fingerprint density at radius 1 is 1.50 bits per heavy atom. The highest BCUT2D eigenvalue weighted by atomic mass is 35.5. The summed E-state index contributed by atoms with van der Waals surface area (Å²) >= 11 is 11.1. The van der Waals surface area contributed by atoms with E-state index in [1.807, 2.05) is 0 Å². The molecule has 0 aliphatic heterocycles. The van der Waals surface area contributed by atoms with E-state index in [4.69, 9.17) is 27.9 Å². The molecule has 1 aromatic rings. The monoisotopic (exact) mass is 205 g/mol. The van der Waals surface area contributed by atoms with E-state index < -0.39 is 5.97 Å². The number of ether oxygens (including phenoxy) is 1. The lowest BCUT2D eigenvalue weighted by Gasteiger charge is -2.01. The van der Waals surface area contributed by atoms with Gasteiger partial charge in [0.05, 0.1) is 0 Å². The molecule has 0 bridgehead atoms. The Hall–Kier alpha value is -0.800. The van der Waals surface area contributed by atoms with E-state index in [2.05, 4.69) is 4.98 Å². The summed E-state index contributed by atoms with van der Waals surface area (Å²) < 4.78 is 4.71. The van der Waals surface area contributed by atoms with Crippen LogP contribution in [0.3, 0.4) is 0 Å². The van der Waals surface area contributed by atoms with Gasteiger partial charge in [-0.1, -0.05) is 23.2 Å². The van der Waals surface area contributed by atoms with Gasteiger partial charge in [0.15, 0.2) is 10.9 Å². The van der Waals surface area contributed by atoms with Crippen molar-refractivity contribution >= 4 is 29.2 Å². The molecule has 0 saturated carbocycles. The zero-order chi connectivity index (χ0) is 9.14. The molecule has 0 aliphatic rings. The predicted octanol–water partition coefficient (Wildman–Crippen LogP) is 2.31. The van der Waals surface area contributed by atoms with Crippen LogP contribution in [0.25, 0.3) is 0 Å². The zero-order valence-electron chi connectivity index (χ0n) is 6.17. The molecule has 0 fully saturated rings. The van der Waals surface area contributed by atoms with Crippen LogP contribution < -0.4 is 4.74 Å². The molecule has 1 rings (SSSR count). The van der Waals surface area contributed by atoms with E-state index in [1.165, 1.54) is 19.1 Å². The molecule has 0 unspecified atom stereocenters. The van der Waals surface area contributed by atoms with Crippen molar-refractivity contribution in [1.82, 2.24) is 4.98 Å². The number of hydrogen-bond donors (Lipinski definition) is 0. The van der Waals surface area contributed by atoms with E-state index in [1.54, 1.807) is 0 Å². The average molecular weight is 206 g/mol. The molecule has 0 amide bonds. The van der Waals surface area contributed by atoms with Gasteiger partial charge in [0, 0.05) is 6.92 Å². The van der Waals surface area contributed by atoms with Crippen molar-refractivity contribution in [2.24, 2.45) is 0 Å². The fourth-order valence-corrected chi connectivity index (χ4v) is 1.01. The maximum absolute atomic E-state index is 10.5. The van der Waals surface area contributed by atoms with Gasteiger partial charge >= 0.3 is 5.97 Å². The molecule has 0 spiro atoms. The lowest BCUT2D eigenvalue weighted by Crippen LogP contribution is -2.02. The van der Waals surface area contributed by atoms with Gasteiger partial charge in [-0.25, -0.2) is 4.98 Å². The van der Waals surface area contributed by atoms with E-state index >= 15 is 0 Å². The van der Waals surface area contributed by atoms with Crippen LogP contribution >= 0.6 is 23.2 Å². The normalized spacial score (nSPS) is 9.58. The lowest BCUT2D eigenvalue weighted by atomic mass is 10.4. The summed E-state index contributed by atoms with van der Waals surface area (Å²) in [6, 6.07) is 2.98. The third-order valence-corrected chi connectivity index (χ3v) is 1.52. The Morgan fingerprint density at radius 3 is 2.67 bits per heavy atom. The third-order valence-electron chi connectivity index (χ3n) is 1.03. The van der Waals surface area contributed by atoms with E-state index in [0.717, 1.165) is 0 Å². The number of carbonyl (C=O) groups is 1. The first kappa shape index (κ1) is 9.29. The summed E-state index contributed by atoms with van der Waals surface area (Å²) in [5.41, 5.74) is 0. The summed E-state index contributed by atoms with van der Waals surface area (Å²) in [5.74, 6) is -0.227. The SMILES string of the molecule is CC(=O)Oc1ccc(Cl)nc1Cl. The standard InChI is InChI=1S/C7H5Cl2NO2/c1-4(11)12-5-2-3-6(8)10-7(5)9/h2-3H,1H3. The maximum atomic E-state index is 10.5. The molecule has 12 heavy (non-hydrogen) atoms. The van der Waals surface area contributed by atoms with Crippen LogP contribution in [0.2, 0.25) is 10.3 Å². The zero-order valence-corrected chi connectivity index (χ0v) is 7.69. The van der Waals surface area contributed by atoms with Crippen molar-refractivity contribution in [1.29, 1.82) is 0 Å². The van der Waals surface area contributed by atoms with E-state index in [0.29, 0.717) is 0 Å². The highest BCUT2D eigenvalue weighted by Gasteiger charge is 2.05. The molecule has 64 valence electrons. The Balaban J connectivity index is 2.93. The smallest absolute Gasteiger partial charge is 0.308 e. The largest absolute Gasteiger partial charge is 0.423 e. The molecular weight excluding hydrogens is 201 g/mol. The van der Waals surface area contributed by atoms with Crippen molar-refractivity contribution in [3.63, 3.8) is 0 Å². The number of aromatic nitrogens is 1. The number of halogens is 2. The van der Waals surface area contributed by atoms with Crippen molar-refractivity contribution in [2.75, 3.05) is 0 Å². The number of carbonyl (C=O) groups excluding carboxylic acids is 1. The second kappa shape index (κ2) is 3.74. The summed E-state index contributed by atoms with van der Waals surface area (Å²) in [6.45, 7) is 1.28. The quantitative estimate of drug-likeness (QED) is 0.522. The summed E-state index contributed by atoms with van der Waals surface area (Å²) in [6.07, 6.45) is 0. The van der Waals surface area contributed by atoms with Gasteiger partial charge in [0.2, 0.25) is 0 Å². The highest BCUT2D eigenvalue weighted by molar-refractivity contribution is 6.33. The Kier molecular flexibility index (Phi) is 2.89. The minimum atomic E-state index is -0.443. The van der Waals surface area contributed by atoms with Crippen LogP contribution in [-0.2, 0) is 4.79 Å². The van der Waals surface area contributed by atoms with Crippen LogP contribution in [0, 0.1) is 0 Å². The van der Waals surface area contributed by atoms with Crippen molar-refractivity contribution in [3.8, 4) is 5.75 Å². The number of hydrogen-bond acceptors (Lipinski definition) is 3. The topological polar surface area (TPSA) is 39.2 Å². The van der Waals surface area contributed by atoms with Crippen LogP contribution in [0.15, 0.2) is 12.1 Å². The Labute approximate surface area is 79.3 Å².